The number of aliphatic hydroxyl groups excluding tert-OH is 1. The predicted molar refractivity (Wildman–Crippen MR) is 68.9 cm³/mol. The Morgan fingerprint density at radius 1 is 1.12 bits per heavy atom. The summed E-state index contributed by atoms with van der Waals surface area (Å²) in [5.41, 5.74) is 2.98. The lowest BCUT2D eigenvalue weighted by atomic mass is 9.92. The number of hydrogen-bond acceptors (Lipinski definition) is 2. The van der Waals surface area contributed by atoms with Gasteiger partial charge in [-0.1, -0.05) is 24.3 Å². The third-order valence-corrected chi connectivity index (χ3v) is 4.22. The summed E-state index contributed by atoms with van der Waals surface area (Å²) < 4.78 is 0. The molecule has 1 saturated carbocycles. The Balaban J connectivity index is 1.67. The maximum absolute atomic E-state index is 9.71. The van der Waals surface area contributed by atoms with Crippen molar-refractivity contribution in [1.82, 2.24) is 5.32 Å². The minimum absolute atomic E-state index is 0.0853. The zero-order valence-corrected chi connectivity index (χ0v) is 10.2. The van der Waals surface area contributed by atoms with E-state index in [4.69, 9.17) is 0 Å². The van der Waals surface area contributed by atoms with E-state index in [0.717, 1.165) is 19.3 Å². The number of benzene rings is 1. The molecule has 0 aromatic heterocycles. The summed E-state index contributed by atoms with van der Waals surface area (Å²) >= 11 is 0. The molecule has 2 N–H and O–H groups in total. The van der Waals surface area contributed by atoms with Gasteiger partial charge in [-0.05, 0) is 49.7 Å². The molecule has 1 aromatic rings. The van der Waals surface area contributed by atoms with E-state index in [1.165, 1.54) is 30.4 Å². The predicted octanol–water partition coefficient (Wildman–Crippen LogP) is 2.57. The van der Waals surface area contributed by atoms with Crippen LogP contribution in [0.5, 0.6) is 0 Å². The van der Waals surface area contributed by atoms with Crippen LogP contribution in [0.2, 0.25) is 0 Å². The molecule has 2 heteroatoms. The van der Waals surface area contributed by atoms with Crippen molar-refractivity contribution in [2.75, 3.05) is 0 Å². The van der Waals surface area contributed by atoms with Crippen LogP contribution in [-0.4, -0.2) is 17.3 Å². The Hall–Kier alpha value is -0.860. The molecule has 0 radical (unpaired) electrons. The van der Waals surface area contributed by atoms with Gasteiger partial charge in [0.05, 0.1) is 6.10 Å². The Labute approximate surface area is 103 Å². The van der Waals surface area contributed by atoms with Crippen LogP contribution in [0.4, 0.5) is 0 Å². The molecule has 17 heavy (non-hydrogen) atoms. The SMILES string of the molecule is OC1CCCC(NC2CCc3ccccc32)C1. The quantitative estimate of drug-likeness (QED) is 0.820. The summed E-state index contributed by atoms with van der Waals surface area (Å²) in [5.74, 6) is 0. The van der Waals surface area contributed by atoms with Crippen LogP contribution in [0.1, 0.15) is 49.3 Å². The fraction of sp³-hybridized carbons (Fsp3) is 0.600. The molecule has 0 heterocycles. The maximum Gasteiger partial charge on any atom is 0.0555 e. The smallest absolute Gasteiger partial charge is 0.0555 e. The molecule has 0 aliphatic heterocycles. The van der Waals surface area contributed by atoms with E-state index >= 15 is 0 Å². The molecule has 0 bridgehead atoms. The molecule has 0 saturated heterocycles. The fourth-order valence-corrected chi connectivity index (χ4v) is 3.33. The molecule has 3 unspecified atom stereocenters. The Morgan fingerprint density at radius 2 is 2.00 bits per heavy atom. The molecule has 2 aliphatic carbocycles. The normalized spacial score (nSPS) is 32.4. The highest BCUT2D eigenvalue weighted by Crippen LogP contribution is 2.32. The molecule has 0 amide bonds. The first kappa shape index (κ1) is 11.2. The number of aliphatic hydroxyl groups is 1. The molecule has 1 aromatic carbocycles. The van der Waals surface area contributed by atoms with Crippen LogP contribution >= 0.6 is 0 Å². The summed E-state index contributed by atoms with van der Waals surface area (Å²) in [6.07, 6.45) is 6.62. The third-order valence-electron chi connectivity index (χ3n) is 4.22. The van der Waals surface area contributed by atoms with Crippen molar-refractivity contribution in [3.8, 4) is 0 Å². The van der Waals surface area contributed by atoms with E-state index in [1.54, 1.807) is 0 Å². The molecule has 1 fully saturated rings. The second-order valence-electron chi connectivity index (χ2n) is 5.47. The van der Waals surface area contributed by atoms with Gasteiger partial charge in [0.2, 0.25) is 0 Å². The second-order valence-corrected chi connectivity index (χ2v) is 5.47. The van der Waals surface area contributed by atoms with Crippen LogP contribution in [0.15, 0.2) is 24.3 Å². The topological polar surface area (TPSA) is 32.3 Å². The van der Waals surface area contributed by atoms with Crippen molar-refractivity contribution >= 4 is 0 Å². The van der Waals surface area contributed by atoms with Gasteiger partial charge in [0.1, 0.15) is 0 Å². The number of nitrogens with one attached hydrogen (secondary N) is 1. The van der Waals surface area contributed by atoms with Gasteiger partial charge < -0.3 is 10.4 Å². The van der Waals surface area contributed by atoms with Crippen molar-refractivity contribution in [3.05, 3.63) is 35.4 Å². The van der Waals surface area contributed by atoms with Gasteiger partial charge in [-0.3, -0.25) is 0 Å². The molecular weight excluding hydrogens is 210 g/mol. The first-order chi connectivity index (χ1) is 8.33. The van der Waals surface area contributed by atoms with Gasteiger partial charge in [-0.15, -0.1) is 0 Å². The first-order valence-electron chi connectivity index (χ1n) is 6.85. The van der Waals surface area contributed by atoms with Crippen LogP contribution in [0, 0.1) is 0 Å². The second kappa shape index (κ2) is 4.79. The third kappa shape index (κ3) is 2.38. The van der Waals surface area contributed by atoms with Crippen LogP contribution in [-0.2, 0) is 6.42 Å². The maximum atomic E-state index is 9.71. The average molecular weight is 231 g/mol. The number of aryl methyl sites for hydroxylation is 1. The fourth-order valence-electron chi connectivity index (χ4n) is 3.33. The molecule has 2 aliphatic rings. The van der Waals surface area contributed by atoms with Crippen molar-refractivity contribution in [2.45, 2.75) is 56.7 Å². The lowest BCUT2D eigenvalue weighted by Gasteiger charge is -2.29. The number of fused-ring (bicyclic) bond motifs is 1. The molecule has 0 spiro atoms. The van der Waals surface area contributed by atoms with Crippen molar-refractivity contribution in [1.29, 1.82) is 0 Å². The zero-order valence-electron chi connectivity index (χ0n) is 10.2. The van der Waals surface area contributed by atoms with Gasteiger partial charge in [0, 0.05) is 12.1 Å². The largest absolute Gasteiger partial charge is 0.393 e. The number of rotatable bonds is 2. The van der Waals surface area contributed by atoms with Crippen molar-refractivity contribution in [2.24, 2.45) is 0 Å². The summed E-state index contributed by atoms with van der Waals surface area (Å²) in [6.45, 7) is 0. The first-order valence-corrected chi connectivity index (χ1v) is 6.85. The van der Waals surface area contributed by atoms with Crippen molar-refractivity contribution < 1.29 is 5.11 Å². The van der Waals surface area contributed by atoms with E-state index in [2.05, 4.69) is 29.6 Å². The minimum Gasteiger partial charge on any atom is -0.393 e. The van der Waals surface area contributed by atoms with Crippen molar-refractivity contribution in [3.63, 3.8) is 0 Å². The van der Waals surface area contributed by atoms with E-state index in [0.29, 0.717) is 12.1 Å². The highest BCUT2D eigenvalue weighted by atomic mass is 16.3. The minimum atomic E-state index is -0.0853. The average Bonchev–Trinajstić information content (AvgIpc) is 2.73. The summed E-state index contributed by atoms with van der Waals surface area (Å²) in [7, 11) is 0. The summed E-state index contributed by atoms with van der Waals surface area (Å²) in [4.78, 5) is 0. The molecule has 92 valence electrons. The molecular formula is C15H21NO. The Kier molecular flexibility index (Phi) is 3.17. The lowest BCUT2D eigenvalue weighted by Crippen LogP contribution is -2.37. The van der Waals surface area contributed by atoms with Gasteiger partial charge in [-0.25, -0.2) is 0 Å². The van der Waals surface area contributed by atoms with Crippen LogP contribution in [0.25, 0.3) is 0 Å². The lowest BCUT2D eigenvalue weighted by molar-refractivity contribution is 0.108. The molecule has 3 atom stereocenters. The van der Waals surface area contributed by atoms with E-state index in [1.807, 2.05) is 0 Å². The van der Waals surface area contributed by atoms with Gasteiger partial charge in [0.25, 0.3) is 0 Å². The Bertz CT molecular complexity index is 390. The number of hydrogen-bond donors (Lipinski definition) is 2. The van der Waals surface area contributed by atoms with E-state index in [-0.39, 0.29) is 6.10 Å². The van der Waals surface area contributed by atoms with Crippen LogP contribution in [0.3, 0.4) is 0 Å². The summed E-state index contributed by atoms with van der Waals surface area (Å²) in [6, 6.07) is 9.78. The van der Waals surface area contributed by atoms with E-state index < -0.39 is 0 Å². The Morgan fingerprint density at radius 3 is 2.88 bits per heavy atom. The zero-order chi connectivity index (χ0) is 11.7. The highest BCUT2D eigenvalue weighted by Gasteiger charge is 2.27. The standard InChI is InChI=1S/C15H21NO/c17-13-6-3-5-12(10-13)16-15-9-8-11-4-1-2-7-14(11)15/h1-2,4,7,12-13,15-17H,3,5-6,8-10H2. The van der Waals surface area contributed by atoms with Crippen LogP contribution < -0.4 is 5.32 Å². The highest BCUT2D eigenvalue weighted by molar-refractivity contribution is 5.34. The molecule has 2 nitrogen and oxygen atoms in total. The monoisotopic (exact) mass is 231 g/mol. The van der Waals surface area contributed by atoms with Gasteiger partial charge >= 0.3 is 0 Å². The molecule has 3 rings (SSSR count). The van der Waals surface area contributed by atoms with E-state index in [9.17, 15) is 5.11 Å². The summed E-state index contributed by atoms with van der Waals surface area (Å²) in [5, 5.41) is 13.5. The van der Waals surface area contributed by atoms with Gasteiger partial charge in [-0.2, -0.15) is 0 Å². The van der Waals surface area contributed by atoms with Gasteiger partial charge in [0.15, 0.2) is 0 Å².